The minimum Gasteiger partial charge on any atom is -0.293 e. The number of hydrogen-bond acceptors (Lipinski definition) is 3. The summed E-state index contributed by atoms with van der Waals surface area (Å²) in [6, 6.07) is 4.30. The zero-order chi connectivity index (χ0) is 13.1. The van der Waals surface area contributed by atoms with Crippen molar-refractivity contribution >= 4 is 17.1 Å². The summed E-state index contributed by atoms with van der Waals surface area (Å²) in [6.45, 7) is 6.23. The number of hydrogen-bond donors (Lipinski definition) is 0. The van der Waals surface area contributed by atoms with Crippen LogP contribution in [0.25, 0.3) is 0 Å². The van der Waals surface area contributed by atoms with Crippen LogP contribution in [0.1, 0.15) is 47.7 Å². The van der Waals surface area contributed by atoms with E-state index in [4.69, 9.17) is 0 Å². The van der Waals surface area contributed by atoms with Crippen LogP contribution >= 0.6 is 11.3 Å². The van der Waals surface area contributed by atoms with Crippen molar-refractivity contribution < 1.29 is 4.79 Å². The van der Waals surface area contributed by atoms with E-state index >= 15 is 0 Å². The van der Waals surface area contributed by atoms with Crippen LogP contribution in [0.2, 0.25) is 0 Å². The molecule has 0 saturated carbocycles. The van der Waals surface area contributed by atoms with Gasteiger partial charge in [-0.15, -0.1) is 11.3 Å². The molecule has 0 spiro atoms. The van der Waals surface area contributed by atoms with Crippen molar-refractivity contribution in [2.45, 2.75) is 39.7 Å². The minimum absolute atomic E-state index is 0.177. The van der Waals surface area contributed by atoms with Gasteiger partial charge in [-0.25, -0.2) is 0 Å². The number of carbonyl (C=O) groups excluding carboxylic acids is 1. The quantitative estimate of drug-likeness (QED) is 0.773. The van der Waals surface area contributed by atoms with Crippen LogP contribution in [-0.4, -0.2) is 15.6 Å². The highest BCUT2D eigenvalue weighted by molar-refractivity contribution is 7.12. The van der Waals surface area contributed by atoms with Gasteiger partial charge < -0.3 is 0 Å². The first-order valence-corrected chi connectivity index (χ1v) is 7.13. The molecule has 0 radical (unpaired) electrons. The Morgan fingerprint density at radius 3 is 2.83 bits per heavy atom. The van der Waals surface area contributed by atoms with E-state index in [1.54, 1.807) is 0 Å². The van der Waals surface area contributed by atoms with E-state index in [1.807, 2.05) is 28.4 Å². The Morgan fingerprint density at radius 1 is 1.44 bits per heavy atom. The third-order valence-corrected chi connectivity index (χ3v) is 3.91. The van der Waals surface area contributed by atoms with Gasteiger partial charge in [-0.2, -0.15) is 5.10 Å². The van der Waals surface area contributed by atoms with Gasteiger partial charge >= 0.3 is 0 Å². The van der Waals surface area contributed by atoms with E-state index in [0.717, 1.165) is 22.6 Å². The first-order chi connectivity index (χ1) is 8.61. The Bertz CT molecular complexity index is 539. The molecule has 0 N–H and O–H groups in total. The topological polar surface area (TPSA) is 34.9 Å². The number of rotatable bonds is 5. The molecule has 0 fully saturated rings. The maximum atomic E-state index is 12.2. The summed E-state index contributed by atoms with van der Waals surface area (Å²) >= 11 is 1.53. The van der Waals surface area contributed by atoms with Crippen molar-refractivity contribution in [2.75, 3.05) is 0 Å². The lowest BCUT2D eigenvalue weighted by Gasteiger charge is -2.03. The number of nitrogens with zero attached hydrogens (tertiary/aromatic N) is 2. The largest absolute Gasteiger partial charge is 0.293 e. The fraction of sp³-hybridized carbons (Fsp3) is 0.429. The molecule has 0 unspecified atom stereocenters. The molecule has 0 bridgehead atoms. The fourth-order valence-corrected chi connectivity index (χ4v) is 2.80. The fourth-order valence-electron chi connectivity index (χ4n) is 1.86. The van der Waals surface area contributed by atoms with Crippen LogP contribution in [0.5, 0.6) is 0 Å². The second-order valence-electron chi connectivity index (χ2n) is 4.61. The van der Waals surface area contributed by atoms with Crippen molar-refractivity contribution in [2.24, 2.45) is 0 Å². The number of Topliss-reactive ketones (excluding diaryl/α,β-unsaturated/α-hetero) is 1. The van der Waals surface area contributed by atoms with Crippen LogP contribution in [0.15, 0.2) is 23.7 Å². The number of carbonyl (C=O) groups is 1. The normalized spacial score (nSPS) is 11.1. The average Bonchev–Trinajstić information content (AvgIpc) is 2.96. The maximum Gasteiger partial charge on any atom is 0.179 e. The lowest BCUT2D eigenvalue weighted by atomic mass is 10.1. The molecule has 0 amide bonds. The Morgan fingerprint density at radius 2 is 2.22 bits per heavy atom. The number of ketones is 1. The third-order valence-electron chi connectivity index (χ3n) is 2.92. The highest BCUT2D eigenvalue weighted by Gasteiger charge is 2.14. The summed E-state index contributed by atoms with van der Waals surface area (Å²) in [6.07, 6.45) is 3.24. The van der Waals surface area contributed by atoms with E-state index < -0.39 is 0 Å². The Kier molecular flexibility index (Phi) is 3.97. The van der Waals surface area contributed by atoms with Gasteiger partial charge in [0.25, 0.3) is 0 Å². The number of aryl methyl sites for hydroxylation is 1. The van der Waals surface area contributed by atoms with E-state index in [9.17, 15) is 4.79 Å². The Labute approximate surface area is 111 Å². The van der Waals surface area contributed by atoms with Crippen molar-refractivity contribution in [1.82, 2.24) is 9.78 Å². The summed E-state index contributed by atoms with van der Waals surface area (Å²) in [5.74, 6) is 0.177. The average molecular weight is 262 g/mol. The second-order valence-corrected chi connectivity index (χ2v) is 5.53. The van der Waals surface area contributed by atoms with Gasteiger partial charge in [0.15, 0.2) is 5.78 Å². The molecule has 2 aromatic heterocycles. The molecule has 4 heteroatoms. The Hall–Kier alpha value is -1.42. The molecule has 0 atom stereocenters. The van der Waals surface area contributed by atoms with Gasteiger partial charge in [-0.05, 0) is 43.3 Å². The molecule has 0 aliphatic heterocycles. The Balaban J connectivity index is 2.11. The van der Waals surface area contributed by atoms with E-state index in [2.05, 4.69) is 25.9 Å². The molecule has 2 aromatic rings. The molecule has 0 aromatic carbocycles. The summed E-state index contributed by atoms with van der Waals surface area (Å²) in [4.78, 5) is 13.1. The van der Waals surface area contributed by atoms with Gasteiger partial charge in [-0.3, -0.25) is 9.48 Å². The summed E-state index contributed by atoms with van der Waals surface area (Å²) in [5, 5.41) is 6.40. The summed E-state index contributed by atoms with van der Waals surface area (Å²) in [5.41, 5.74) is 2.00. The van der Waals surface area contributed by atoms with E-state index in [1.165, 1.54) is 11.3 Å². The van der Waals surface area contributed by atoms with Gasteiger partial charge in [0.2, 0.25) is 0 Å². The highest BCUT2D eigenvalue weighted by Crippen LogP contribution is 2.19. The first kappa shape index (κ1) is 13.0. The first-order valence-electron chi connectivity index (χ1n) is 6.25. The van der Waals surface area contributed by atoms with E-state index in [0.29, 0.717) is 12.5 Å². The van der Waals surface area contributed by atoms with Crippen LogP contribution in [0.3, 0.4) is 0 Å². The molecule has 2 rings (SSSR count). The molecule has 0 aliphatic rings. The van der Waals surface area contributed by atoms with Crippen LogP contribution in [0.4, 0.5) is 0 Å². The summed E-state index contributed by atoms with van der Waals surface area (Å²) < 4.78 is 1.89. The molecular formula is C14H18N2OS. The third kappa shape index (κ3) is 2.70. The summed E-state index contributed by atoms with van der Waals surface area (Å²) in [7, 11) is 0. The lowest BCUT2D eigenvalue weighted by Crippen LogP contribution is -2.06. The zero-order valence-electron chi connectivity index (χ0n) is 11.0. The van der Waals surface area contributed by atoms with Crippen molar-refractivity contribution in [3.05, 3.63) is 39.8 Å². The molecule has 0 aliphatic carbocycles. The van der Waals surface area contributed by atoms with Gasteiger partial charge in [0.1, 0.15) is 0 Å². The van der Waals surface area contributed by atoms with Crippen LogP contribution in [-0.2, 0) is 12.8 Å². The van der Waals surface area contributed by atoms with Crippen molar-refractivity contribution in [1.29, 1.82) is 0 Å². The predicted molar refractivity (Wildman–Crippen MR) is 74.3 cm³/mol. The molecular weight excluding hydrogens is 244 g/mol. The van der Waals surface area contributed by atoms with E-state index in [-0.39, 0.29) is 5.78 Å². The maximum absolute atomic E-state index is 12.2. The zero-order valence-corrected chi connectivity index (χ0v) is 11.8. The molecule has 0 saturated heterocycles. The van der Waals surface area contributed by atoms with Crippen molar-refractivity contribution in [3.8, 4) is 0 Å². The van der Waals surface area contributed by atoms with Crippen molar-refractivity contribution in [3.63, 3.8) is 0 Å². The van der Waals surface area contributed by atoms with Gasteiger partial charge in [0, 0.05) is 12.2 Å². The molecule has 3 nitrogen and oxygen atoms in total. The van der Waals surface area contributed by atoms with Gasteiger partial charge in [0.05, 0.1) is 17.0 Å². The molecule has 96 valence electrons. The lowest BCUT2D eigenvalue weighted by molar-refractivity contribution is 0.0995. The highest BCUT2D eigenvalue weighted by atomic mass is 32.1. The standard InChI is InChI=1S/C14H18N2OS/c1-4-11-6-8-18-14(11)13(17)9-12-5-7-16(15-12)10(2)3/h5-8,10H,4,9H2,1-3H3. The molecule has 18 heavy (non-hydrogen) atoms. The monoisotopic (exact) mass is 262 g/mol. The number of thiophene rings is 1. The van der Waals surface area contributed by atoms with Gasteiger partial charge in [-0.1, -0.05) is 6.92 Å². The predicted octanol–water partition coefficient (Wildman–Crippen LogP) is 3.51. The number of aromatic nitrogens is 2. The van der Waals surface area contributed by atoms with Crippen LogP contribution < -0.4 is 0 Å². The van der Waals surface area contributed by atoms with Crippen LogP contribution in [0, 0.1) is 0 Å². The SMILES string of the molecule is CCc1ccsc1C(=O)Cc1ccn(C(C)C)n1. The molecule has 2 heterocycles. The minimum atomic E-state index is 0.177. The smallest absolute Gasteiger partial charge is 0.179 e. The second kappa shape index (κ2) is 5.48.